The number of hydrogen-bond acceptors (Lipinski definition) is 8. The van der Waals surface area contributed by atoms with Gasteiger partial charge in [0.05, 0.1) is 36.4 Å². The molecule has 1 aliphatic heterocycles. The third kappa shape index (κ3) is 5.48. The molecule has 1 saturated heterocycles. The lowest BCUT2D eigenvalue weighted by molar-refractivity contribution is -0.137. The van der Waals surface area contributed by atoms with Crippen LogP contribution in [-0.2, 0) is 9.59 Å². The van der Waals surface area contributed by atoms with Crippen LogP contribution in [0.1, 0.15) is 35.0 Å². The molecule has 0 radical (unpaired) electrons. The predicted molar refractivity (Wildman–Crippen MR) is 121 cm³/mol. The molecule has 9 nitrogen and oxygen atoms in total. The molecule has 0 atom stereocenters. The van der Waals surface area contributed by atoms with Gasteiger partial charge in [-0.25, -0.2) is 0 Å². The number of hydrogen-bond donors (Lipinski definition) is 2. The Morgan fingerprint density at radius 2 is 2.06 bits per heavy atom. The normalized spacial score (nSPS) is 14.7. The molecular weight excluding hydrogens is 456 g/mol. The van der Waals surface area contributed by atoms with Crippen molar-refractivity contribution in [2.45, 2.75) is 20.3 Å². The zero-order chi connectivity index (χ0) is 23.3. The Balaban J connectivity index is 1.75. The van der Waals surface area contributed by atoms with Gasteiger partial charge in [0.25, 0.3) is 11.8 Å². The molecule has 0 bridgehead atoms. The lowest BCUT2D eigenvalue weighted by Gasteiger charge is -2.15. The molecule has 3 rings (SSSR count). The fourth-order valence-corrected chi connectivity index (χ4v) is 3.93. The summed E-state index contributed by atoms with van der Waals surface area (Å²) < 4.78 is 16.4. The van der Waals surface area contributed by atoms with Gasteiger partial charge in [-0.15, -0.1) is 0 Å². The van der Waals surface area contributed by atoms with Gasteiger partial charge in [0, 0.05) is 0 Å². The number of thioether (sulfide) groups is 1. The Morgan fingerprint density at radius 3 is 2.72 bits per heavy atom. The highest BCUT2D eigenvalue weighted by molar-refractivity contribution is 8.26. The summed E-state index contributed by atoms with van der Waals surface area (Å²) in [6.07, 6.45) is 2.87. The van der Waals surface area contributed by atoms with Gasteiger partial charge < -0.3 is 19.0 Å². The maximum absolute atomic E-state index is 12.8. The fraction of sp³-hybridized carbons (Fsp3) is 0.238. The highest BCUT2D eigenvalue weighted by atomic mass is 32.2. The minimum absolute atomic E-state index is 0.00322. The van der Waals surface area contributed by atoms with Crippen molar-refractivity contribution >= 4 is 52.2 Å². The van der Waals surface area contributed by atoms with Gasteiger partial charge in [0.15, 0.2) is 15.8 Å². The molecule has 0 spiro atoms. The number of ether oxygens (including phenoxy) is 2. The van der Waals surface area contributed by atoms with E-state index in [0.717, 1.165) is 16.8 Å². The zero-order valence-corrected chi connectivity index (χ0v) is 18.9. The standard InChI is InChI=1S/C21H20N2O7S2/c1-3-28-16-10-13(4-5-15(16)30-9-7-18(24)25)11-17-20(27)23(21(31)32-17)22-19(26)14-6-8-29-12(14)2/h4-6,8,10-11H,3,7,9H2,1-2H3,(H,22,26)(H,24,25)/b17-11+. The van der Waals surface area contributed by atoms with Crippen LogP contribution >= 0.6 is 24.0 Å². The number of carbonyl (C=O) groups excluding carboxylic acids is 2. The van der Waals surface area contributed by atoms with Crippen LogP contribution in [0.5, 0.6) is 11.5 Å². The quantitative estimate of drug-likeness (QED) is 0.415. The van der Waals surface area contributed by atoms with Crippen LogP contribution in [0.3, 0.4) is 0 Å². The van der Waals surface area contributed by atoms with Crippen LogP contribution in [0, 0.1) is 6.92 Å². The van der Waals surface area contributed by atoms with Crippen molar-refractivity contribution in [3.05, 3.63) is 52.3 Å². The number of nitrogens with zero attached hydrogens (tertiary/aromatic N) is 1. The average Bonchev–Trinajstić information content (AvgIpc) is 3.28. The molecule has 168 valence electrons. The summed E-state index contributed by atoms with van der Waals surface area (Å²) in [6.45, 7) is 3.83. The molecule has 1 fully saturated rings. The lowest BCUT2D eigenvalue weighted by Crippen LogP contribution is -2.44. The Morgan fingerprint density at radius 1 is 1.28 bits per heavy atom. The smallest absolute Gasteiger partial charge is 0.306 e. The van der Waals surface area contributed by atoms with Gasteiger partial charge in [-0.3, -0.25) is 19.8 Å². The molecule has 2 heterocycles. The first-order chi connectivity index (χ1) is 15.3. The second-order valence-electron chi connectivity index (χ2n) is 6.48. The third-order valence-electron chi connectivity index (χ3n) is 4.25. The van der Waals surface area contributed by atoms with E-state index in [1.165, 1.54) is 12.3 Å². The number of rotatable bonds is 9. The Labute approximate surface area is 193 Å². The molecular formula is C21H20N2O7S2. The van der Waals surface area contributed by atoms with Gasteiger partial charge in [-0.2, -0.15) is 5.01 Å². The maximum Gasteiger partial charge on any atom is 0.306 e. The largest absolute Gasteiger partial charge is 0.490 e. The van der Waals surface area contributed by atoms with Crippen molar-refractivity contribution in [1.29, 1.82) is 0 Å². The molecule has 2 aromatic rings. The molecule has 1 aliphatic rings. The van der Waals surface area contributed by atoms with Crippen molar-refractivity contribution in [1.82, 2.24) is 10.4 Å². The predicted octanol–water partition coefficient (Wildman–Crippen LogP) is 3.39. The lowest BCUT2D eigenvalue weighted by atomic mass is 10.2. The number of carboxylic acid groups (broad SMARTS) is 1. The van der Waals surface area contributed by atoms with Gasteiger partial charge >= 0.3 is 5.97 Å². The molecule has 0 unspecified atom stereocenters. The number of furan rings is 1. The van der Waals surface area contributed by atoms with Crippen LogP contribution in [-0.4, -0.2) is 45.4 Å². The molecule has 1 aromatic heterocycles. The SMILES string of the molecule is CCOc1cc(/C=C2/SC(=S)N(NC(=O)c3ccoc3C)C2=O)ccc1OCCC(=O)O. The van der Waals surface area contributed by atoms with Crippen LogP contribution in [0.15, 0.2) is 39.9 Å². The van der Waals surface area contributed by atoms with E-state index in [2.05, 4.69) is 5.43 Å². The van der Waals surface area contributed by atoms with Crippen molar-refractivity contribution in [3.63, 3.8) is 0 Å². The molecule has 0 aliphatic carbocycles. The minimum Gasteiger partial charge on any atom is -0.490 e. The summed E-state index contributed by atoms with van der Waals surface area (Å²) in [5.41, 5.74) is 3.46. The third-order valence-corrected chi connectivity index (χ3v) is 5.55. The Bertz CT molecular complexity index is 1090. The number of carbonyl (C=O) groups is 3. The van der Waals surface area contributed by atoms with Crippen molar-refractivity contribution in [2.24, 2.45) is 0 Å². The van der Waals surface area contributed by atoms with Gasteiger partial charge in [0.2, 0.25) is 0 Å². The van der Waals surface area contributed by atoms with E-state index in [0.29, 0.717) is 39.9 Å². The summed E-state index contributed by atoms with van der Waals surface area (Å²) in [5, 5.41) is 9.78. The Hall–Kier alpha value is -3.31. The van der Waals surface area contributed by atoms with Crippen molar-refractivity contribution in [3.8, 4) is 11.5 Å². The van der Waals surface area contributed by atoms with E-state index in [1.807, 2.05) is 6.92 Å². The monoisotopic (exact) mass is 476 g/mol. The summed E-state index contributed by atoms with van der Waals surface area (Å²) in [5.74, 6) is -0.676. The second kappa shape index (κ2) is 10.3. The van der Waals surface area contributed by atoms with E-state index in [1.54, 1.807) is 31.2 Å². The summed E-state index contributed by atoms with van der Waals surface area (Å²) in [4.78, 5) is 36.2. The highest BCUT2D eigenvalue weighted by Crippen LogP contribution is 2.34. The molecule has 2 amide bonds. The van der Waals surface area contributed by atoms with Gasteiger partial charge in [-0.05, 0) is 55.9 Å². The first-order valence-electron chi connectivity index (χ1n) is 9.54. The number of thiocarbonyl (C=S) groups is 1. The van der Waals surface area contributed by atoms with Crippen LogP contribution < -0.4 is 14.9 Å². The first-order valence-corrected chi connectivity index (χ1v) is 10.8. The van der Waals surface area contributed by atoms with Gasteiger partial charge in [-0.1, -0.05) is 17.8 Å². The van der Waals surface area contributed by atoms with E-state index in [4.69, 9.17) is 31.2 Å². The van der Waals surface area contributed by atoms with E-state index in [-0.39, 0.29) is 17.3 Å². The number of nitrogens with one attached hydrogen (secondary N) is 1. The Kier molecular flexibility index (Phi) is 7.54. The summed E-state index contributed by atoms with van der Waals surface area (Å²) >= 11 is 6.30. The molecule has 11 heteroatoms. The number of aliphatic carboxylic acids is 1. The molecule has 2 N–H and O–H groups in total. The summed E-state index contributed by atoms with van der Waals surface area (Å²) in [7, 11) is 0. The van der Waals surface area contributed by atoms with Crippen molar-refractivity contribution in [2.75, 3.05) is 13.2 Å². The number of aryl methyl sites for hydroxylation is 1. The van der Waals surface area contributed by atoms with E-state index in [9.17, 15) is 14.4 Å². The zero-order valence-electron chi connectivity index (χ0n) is 17.2. The van der Waals surface area contributed by atoms with Gasteiger partial charge in [0.1, 0.15) is 5.76 Å². The maximum atomic E-state index is 12.8. The van der Waals surface area contributed by atoms with Crippen molar-refractivity contribution < 1.29 is 33.4 Å². The second-order valence-corrected chi connectivity index (χ2v) is 8.16. The molecule has 0 saturated carbocycles. The van der Waals surface area contributed by atoms with Crippen LogP contribution in [0.25, 0.3) is 6.08 Å². The number of carboxylic acids is 1. The summed E-state index contributed by atoms with van der Waals surface area (Å²) in [6, 6.07) is 6.54. The number of amides is 2. The average molecular weight is 477 g/mol. The number of hydrazine groups is 1. The first kappa shape index (κ1) is 23.4. The van der Waals surface area contributed by atoms with Crippen LogP contribution in [0.2, 0.25) is 0 Å². The van der Waals surface area contributed by atoms with E-state index >= 15 is 0 Å². The topological polar surface area (TPSA) is 118 Å². The van der Waals surface area contributed by atoms with E-state index < -0.39 is 17.8 Å². The number of benzene rings is 1. The minimum atomic E-state index is -0.961. The highest BCUT2D eigenvalue weighted by Gasteiger charge is 2.34. The fourth-order valence-electron chi connectivity index (χ4n) is 2.75. The van der Waals surface area contributed by atoms with Crippen LogP contribution in [0.4, 0.5) is 0 Å². The molecule has 32 heavy (non-hydrogen) atoms. The molecule has 1 aromatic carbocycles.